The molecule has 112 valence electrons. The fraction of sp³-hybridized carbons (Fsp3) is 0.167. The number of aryl methyl sites for hydroxylation is 2. The van der Waals surface area contributed by atoms with E-state index in [2.05, 4.69) is 16.4 Å². The van der Waals surface area contributed by atoms with Gasteiger partial charge in [-0.15, -0.1) is 0 Å². The lowest BCUT2D eigenvalue weighted by atomic mass is 10.0. The highest BCUT2D eigenvalue weighted by Crippen LogP contribution is 2.22. The number of pyridine rings is 1. The van der Waals surface area contributed by atoms with Crippen LogP contribution in [0.15, 0.2) is 47.3 Å². The summed E-state index contributed by atoms with van der Waals surface area (Å²) in [4.78, 5) is 15.3. The van der Waals surface area contributed by atoms with E-state index in [1.54, 1.807) is 0 Å². The van der Waals surface area contributed by atoms with Crippen molar-refractivity contribution in [3.8, 4) is 0 Å². The number of halogens is 1. The molecule has 0 saturated carbocycles. The Morgan fingerprint density at radius 3 is 2.59 bits per heavy atom. The van der Waals surface area contributed by atoms with Crippen molar-refractivity contribution in [2.24, 2.45) is 0 Å². The topological polar surface area (TPSA) is 44.9 Å². The number of hydrogen-bond acceptors (Lipinski definition) is 2. The molecule has 3 nitrogen and oxygen atoms in total. The van der Waals surface area contributed by atoms with Crippen LogP contribution >= 0.6 is 11.6 Å². The Hall–Kier alpha value is -2.26. The number of anilines is 1. The summed E-state index contributed by atoms with van der Waals surface area (Å²) in [5, 5.41) is 4.94. The minimum absolute atomic E-state index is 0.0687. The van der Waals surface area contributed by atoms with Crippen LogP contribution in [0.1, 0.15) is 16.7 Å². The normalized spacial score (nSPS) is 10.9. The predicted octanol–water partition coefficient (Wildman–Crippen LogP) is 4.41. The van der Waals surface area contributed by atoms with E-state index < -0.39 is 0 Å². The maximum Gasteiger partial charge on any atom is 0.253 e. The molecule has 0 spiro atoms. The minimum Gasteiger partial charge on any atom is -0.380 e. The van der Waals surface area contributed by atoms with Gasteiger partial charge >= 0.3 is 0 Å². The monoisotopic (exact) mass is 312 g/mol. The van der Waals surface area contributed by atoms with Gasteiger partial charge in [0, 0.05) is 17.5 Å². The second-order valence-electron chi connectivity index (χ2n) is 5.45. The Bertz CT molecular complexity index is 899. The summed E-state index contributed by atoms with van der Waals surface area (Å²) < 4.78 is 0. The van der Waals surface area contributed by atoms with Crippen molar-refractivity contribution in [3.05, 3.63) is 74.5 Å². The first-order chi connectivity index (χ1) is 10.6. The number of rotatable bonds is 3. The van der Waals surface area contributed by atoms with E-state index in [0.29, 0.717) is 17.1 Å². The molecule has 0 aliphatic rings. The summed E-state index contributed by atoms with van der Waals surface area (Å²) in [6.07, 6.45) is 0. The Morgan fingerprint density at radius 1 is 1.09 bits per heavy atom. The molecule has 22 heavy (non-hydrogen) atoms. The molecule has 0 radical (unpaired) electrons. The van der Waals surface area contributed by atoms with E-state index in [0.717, 1.165) is 27.7 Å². The fourth-order valence-corrected chi connectivity index (χ4v) is 2.75. The third-order valence-corrected chi connectivity index (χ3v) is 4.19. The molecule has 1 heterocycles. The summed E-state index contributed by atoms with van der Waals surface area (Å²) in [5.74, 6) is 0. The lowest BCUT2D eigenvalue weighted by molar-refractivity contribution is 1.09. The zero-order valence-electron chi connectivity index (χ0n) is 12.5. The van der Waals surface area contributed by atoms with Crippen LogP contribution < -0.4 is 10.9 Å². The zero-order valence-corrected chi connectivity index (χ0v) is 13.3. The highest BCUT2D eigenvalue weighted by molar-refractivity contribution is 6.33. The maximum absolute atomic E-state index is 12.3. The summed E-state index contributed by atoms with van der Waals surface area (Å²) >= 11 is 6.12. The van der Waals surface area contributed by atoms with Gasteiger partial charge < -0.3 is 10.3 Å². The molecule has 0 unspecified atom stereocenters. The summed E-state index contributed by atoms with van der Waals surface area (Å²) in [7, 11) is 0. The number of benzene rings is 2. The van der Waals surface area contributed by atoms with E-state index in [-0.39, 0.29) is 5.56 Å². The van der Waals surface area contributed by atoms with Gasteiger partial charge in [-0.05, 0) is 43.2 Å². The van der Waals surface area contributed by atoms with Crippen LogP contribution in [0, 0.1) is 13.8 Å². The summed E-state index contributed by atoms with van der Waals surface area (Å²) in [5.41, 5.74) is 4.58. The molecule has 0 aliphatic carbocycles. The quantitative estimate of drug-likeness (QED) is 0.752. The number of aromatic amines is 1. The molecule has 2 aromatic carbocycles. The molecule has 0 atom stereocenters. The standard InChI is InChI=1S/C18H17ClN2O/c1-11-7-8-12(2)17-14(11)9-13(18(22)21-17)10-20-16-6-4-3-5-15(16)19/h3-9,20H,10H2,1-2H3,(H,21,22). The molecular formula is C18H17ClN2O. The second kappa shape index (κ2) is 5.85. The first-order valence-electron chi connectivity index (χ1n) is 7.17. The van der Waals surface area contributed by atoms with Gasteiger partial charge in [0.05, 0.1) is 16.2 Å². The Balaban J connectivity index is 1.98. The van der Waals surface area contributed by atoms with Crippen LogP contribution in [0.4, 0.5) is 5.69 Å². The fourth-order valence-electron chi connectivity index (χ4n) is 2.54. The van der Waals surface area contributed by atoms with Crippen LogP contribution in [-0.2, 0) is 6.54 Å². The number of fused-ring (bicyclic) bond motifs is 1. The Morgan fingerprint density at radius 2 is 1.82 bits per heavy atom. The third kappa shape index (κ3) is 2.72. The average Bonchev–Trinajstić information content (AvgIpc) is 2.51. The molecule has 2 N–H and O–H groups in total. The van der Waals surface area contributed by atoms with E-state index in [4.69, 9.17) is 11.6 Å². The lowest BCUT2D eigenvalue weighted by Gasteiger charge is -2.10. The highest BCUT2D eigenvalue weighted by Gasteiger charge is 2.07. The van der Waals surface area contributed by atoms with Crippen molar-refractivity contribution in [2.75, 3.05) is 5.32 Å². The van der Waals surface area contributed by atoms with Gasteiger partial charge in [0.25, 0.3) is 5.56 Å². The van der Waals surface area contributed by atoms with Crippen LogP contribution in [0.25, 0.3) is 10.9 Å². The molecule has 0 fully saturated rings. The highest BCUT2D eigenvalue weighted by atomic mass is 35.5. The molecule has 3 rings (SSSR count). The van der Waals surface area contributed by atoms with E-state index in [9.17, 15) is 4.79 Å². The lowest BCUT2D eigenvalue weighted by Crippen LogP contribution is -2.16. The van der Waals surface area contributed by atoms with E-state index >= 15 is 0 Å². The van der Waals surface area contributed by atoms with Gasteiger partial charge in [0.2, 0.25) is 0 Å². The van der Waals surface area contributed by atoms with Gasteiger partial charge in [-0.3, -0.25) is 4.79 Å². The van der Waals surface area contributed by atoms with Crippen molar-refractivity contribution in [1.82, 2.24) is 4.98 Å². The van der Waals surface area contributed by atoms with Gasteiger partial charge in [-0.1, -0.05) is 35.9 Å². The summed E-state index contributed by atoms with van der Waals surface area (Å²) in [6.45, 7) is 4.48. The maximum atomic E-state index is 12.3. The first-order valence-corrected chi connectivity index (χ1v) is 7.54. The van der Waals surface area contributed by atoms with Crippen LogP contribution in [0.3, 0.4) is 0 Å². The third-order valence-electron chi connectivity index (χ3n) is 3.86. The van der Waals surface area contributed by atoms with Gasteiger partial charge in [-0.2, -0.15) is 0 Å². The molecule has 0 amide bonds. The molecule has 1 aromatic heterocycles. The van der Waals surface area contributed by atoms with Crippen molar-refractivity contribution in [1.29, 1.82) is 0 Å². The Labute approximate surface area is 133 Å². The number of H-pyrrole nitrogens is 1. The van der Waals surface area contributed by atoms with Crippen LogP contribution in [-0.4, -0.2) is 4.98 Å². The number of nitrogens with one attached hydrogen (secondary N) is 2. The van der Waals surface area contributed by atoms with Crippen LogP contribution in [0.5, 0.6) is 0 Å². The predicted molar refractivity (Wildman–Crippen MR) is 92.8 cm³/mol. The smallest absolute Gasteiger partial charge is 0.253 e. The van der Waals surface area contributed by atoms with Gasteiger partial charge in [0.1, 0.15) is 0 Å². The molecular weight excluding hydrogens is 296 g/mol. The second-order valence-corrected chi connectivity index (χ2v) is 5.85. The summed E-state index contributed by atoms with van der Waals surface area (Å²) in [6, 6.07) is 13.6. The number of aromatic nitrogens is 1. The number of hydrogen-bond donors (Lipinski definition) is 2. The molecule has 3 aromatic rings. The largest absolute Gasteiger partial charge is 0.380 e. The molecule has 0 saturated heterocycles. The SMILES string of the molecule is Cc1ccc(C)c2[nH]c(=O)c(CNc3ccccc3Cl)cc12. The van der Waals surface area contributed by atoms with E-state index in [1.807, 2.05) is 50.2 Å². The number of para-hydroxylation sites is 1. The van der Waals surface area contributed by atoms with Gasteiger partial charge in [-0.25, -0.2) is 0 Å². The Kier molecular flexibility index (Phi) is 3.90. The minimum atomic E-state index is -0.0687. The van der Waals surface area contributed by atoms with Crippen molar-refractivity contribution in [2.45, 2.75) is 20.4 Å². The van der Waals surface area contributed by atoms with Crippen molar-refractivity contribution >= 4 is 28.2 Å². The molecule has 4 heteroatoms. The zero-order chi connectivity index (χ0) is 15.7. The van der Waals surface area contributed by atoms with Crippen molar-refractivity contribution < 1.29 is 0 Å². The average molecular weight is 313 g/mol. The van der Waals surface area contributed by atoms with Crippen LogP contribution in [0.2, 0.25) is 5.02 Å². The van der Waals surface area contributed by atoms with Crippen molar-refractivity contribution in [3.63, 3.8) is 0 Å². The molecule has 0 bridgehead atoms. The van der Waals surface area contributed by atoms with Gasteiger partial charge in [0.15, 0.2) is 0 Å². The van der Waals surface area contributed by atoms with E-state index in [1.165, 1.54) is 0 Å². The first kappa shape index (κ1) is 14.7. The molecule has 0 aliphatic heterocycles.